The number of rotatable bonds is 7. The van der Waals surface area contributed by atoms with Gasteiger partial charge in [0, 0.05) is 60.9 Å². The Bertz CT molecular complexity index is 2130. The van der Waals surface area contributed by atoms with Gasteiger partial charge in [0.1, 0.15) is 5.54 Å². The minimum absolute atomic E-state index is 0.593. The quantitative estimate of drug-likeness (QED) is 0.159. The van der Waals surface area contributed by atoms with Crippen molar-refractivity contribution >= 4 is 22.3 Å². The Kier molecular flexibility index (Phi) is 8.07. The highest BCUT2D eigenvalue weighted by molar-refractivity contribution is 5.94. The zero-order valence-electron chi connectivity index (χ0n) is 27.2. The number of fused-ring (bicyclic) bond motifs is 1. The predicted octanol–water partition coefficient (Wildman–Crippen LogP) is 9.28. The number of benzene rings is 5. The zero-order chi connectivity index (χ0) is 34.1. The van der Waals surface area contributed by atoms with Crippen LogP contribution in [0.25, 0.3) is 22.0 Å². The molecule has 0 N–H and O–H groups in total. The molecule has 1 aliphatic rings. The SMILES string of the molecule is FC(F)(F)c1cccc(N2CCN(c3ccnc4ccc(-c5cnn(C(c6ccccc6)(c6ccccc6)c6ccccc6)c5)cc34)CC2)c1. The van der Waals surface area contributed by atoms with Crippen LogP contribution in [0.5, 0.6) is 0 Å². The molecule has 2 aromatic heterocycles. The molecule has 3 heterocycles. The highest BCUT2D eigenvalue weighted by Gasteiger charge is 2.39. The van der Waals surface area contributed by atoms with E-state index in [1.165, 1.54) is 12.1 Å². The van der Waals surface area contributed by atoms with Gasteiger partial charge in [-0.15, -0.1) is 0 Å². The molecule has 0 amide bonds. The van der Waals surface area contributed by atoms with Crippen LogP contribution >= 0.6 is 0 Å². The third-order valence-corrected chi connectivity index (χ3v) is 9.71. The Morgan fingerprint density at radius 1 is 0.540 bits per heavy atom. The van der Waals surface area contributed by atoms with Crippen LogP contribution in [0.1, 0.15) is 22.3 Å². The van der Waals surface area contributed by atoms with Crippen molar-refractivity contribution in [1.82, 2.24) is 14.8 Å². The summed E-state index contributed by atoms with van der Waals surface area (Å²) in [7, 11) is 0. The molecule has 8 heteroatoms. The molecule has 50 heavy (non-hydrogen) atoms. The van der Waals surface area contributed by atoms with E-state index in [4.69, 9.17) is 5.10 Å². The molecule has 0 spiro atoms. The standard InChI is InChI=1S/C42H34F3N5/c43-42(44,45)36-17-10-18-37(28-36)48-23-25-49(26-24-48)40-21-22-46-39-20-19-31(27-38(39)40)32-29-47-50(30-32)41(33-11-4-1-5-12-33,34-13-6-2-7-14-34)35-15-8-3-9-16-35/h1-22,27-30H,23-26H2. The minimum atomic E-state index is -4.37. The molecule has 0 bridgehead atoms. The summed E-state index contributed by atoms with van der Waals surface area (Å²) in [5, 5.41) is 6.08. The van der Waals surface area contributed by atoms with Gasteiger partial charge in [-0.3, -0.25) is 9.67 Å². The molecule has 1 saturated heterocycles. The Balaban J connectivity index is 1.15. The van der Waals surface area contributed by atoms with Crippen molar-refractivity contribution in [2.24, 2.45) is 0 Å². The second-order valence-electron chi connectivity index (χ2n) is 12.6. The van der Waals surface area contributed by atoms with Crippen LogP contribution in [0.4, 0.5) is 24.5 Å². The lowest BCUT2D eigenvalue weighted by Crippen LogP contribution is -2.46. The van der Waals surface area contributed by atoms with Crippen LogP contribution in [0, 0.1) is 0 Å². The van der Waals surface area contributed by atoms with Gasteiger partial charge in [-0.25, -0.2) is 0 Å². The maximum Gasteiger partial charge on any atom is 0.416 e. The van der Waals surface area contributed by atoms with E-state index >= 15 is 0 Å². The molecule has 0 radical (unpaired) electrons. The zero-order valence-corrected chi connectivity index (χ0v) is 27.2. The molecular weight excluding hydrogens is 631 g/mol. The second kappa shape index (κ2) is 12.9. The summed E-state index contributed by atoms with van der Waals surface area (Å²) in [6.45, 7) is 2.56. The van der Waals surface area contributed by atoms with E-state index in [1.807, 2.05) is 47.6 Å². The first kappa shape index (κ1) is 31.4. The van der Waals surface area contributed by atoms with Crippen molar-refractivity contribution < 1.29 is 13.2 Å². The summed E-state index contributed by atoms with van der Waals surface area (Å²) in [5.74, 6) is 0. The van der Waals surface area contributed by atoms with Crippen molar-refractivity contribution in [3.05, 3.63) is 180 Å². The normalized spacial score (nSPS) is 13.9. The molecule has 0 saturated carbocycles. The van der Waals surface area contributed by atoms with Gasteiger partial charge in [0.15, 0.2) is 0 Å². The topological polar surface area (TPSA) is 37.2 Å². The van der Waals surface area contributed by atoms with Crippen molar-refractivity contribution in [1.29, 1.82) is 0 Å². The van der Waals surface area contributed by atoms with Gasteiger partial charge in [-0.2, -0.15) is 18.3 Å². The molecule has 5 nitrogen and oxygen atoms in total. The number of hydrogen-bond acceptors (Lipinski definition) is 4. The Hall–Kier alpha value is -5.89. The first-order valence-corrected chi connectivity index (χ1v) is 16.7. The molecule has 7 aromatic rings. The fraction of sp³-hybridized carbons (Fsp3) is 0.143. The summed E-state index contributed by atoms with van der Waals surface area (Å²) in [6, 6.07) is 45.4. The van der Waals surface area contributed by atoms with Crippen LogP contribution < -0.4 is 9.80 Å². The van der Waals surface area contributed by atoms with Gasteiger partial charge >= 0.3 is 6.18 Å². The molecule has 0 aliphatic carbocycles. The lowest BCUT2D eigenvalue weighted by Gasteiger charge is -2.38. The third kappa shape index (κ3) is 5.66. The molecule has 5 aromatic carbocycles. The summed E-state index contributed by atoms with van der Waals surface area (Å²) in [6.07, 6.45) is 1.50. The second-order valence-corrected chi connectivity index (χ2v) is 12.6. The van der Waals surface area contributed by atoms with Gasteiger partial charge in [0.25, 0.3) is 0 Å². The smallest absolute Gasteiger partial charge is 0.368 e. The van der Waals surface area contributed by atoms with E-state index in [9.17, 15) is 13.2 Å². The van der Waals surface area contributed by atoms with Crippen molar-refractivity contribution in [2.75, 3.05) is 36.0 Å². The van der Waals surface area contributed by atoms with E-state index < -0.39 is 17.3 Å². The van der Waals surface area contributed by atoms with Gasteiger partial charge in [-0.1, -0.05) is 103 Å². The number of halogens is 3. The van der Waals surface area contributed by atoms with Gasteiger partial charge < -0.3 is 9.80 Å². The Labute approximate surface area is 288 Å². The van der Waals surface area contributed by atoms with Crippen LogP contribution in [-0.4, -0.2) is 40.9 Å². The first-order chi connectivity index (χ1) is 24.4. The predicted molar refractivity (Wildman–Crippen MR) is 193 cm³/mol. The molecule has 0 atom stereocenters. The maximum absolute atomic E-state index is 13.4. The van der Waals surface area contributed by atoms with Gasteiger partial charge in [-0.05, 0) is 58.7 Å². The van der Waals surface area contributed by atoms with Crippen molar-refractivity contribution in [3.63, 3.8) is 0 Å². The summed E-state index contributed by atoms with van der Waals surface area (Å²) in [5.41, 5.74) is 6.48. The molecule has 0 unspecified atom stereocenters. The largest absolute Gasteiger partial charge is 0.416 e. The average Bonchev–Trinajstić information content (AvgIpc) is 3.66. The summed E-state index contributed by atoms with van der Waals surface area (Å²) < 4.78 is 42.2. The van der Waals surface area contributed by atoms with Gasteiger partial charge in [0.05, 0.1) is 17.3 Å². The van der Waals surface area contributed by atoms with Crippen LogP contribution in [0.3, 0.4) is 0 Å². The lowest BCUT2D eigenvalue weighted by molar-refractivity contribution is -0.137. The van der Waals surface area contributed by atoms with E-state index in [1.54, 1.807) is 6.07 Å². The number of alkyl halides is 3. The highest BCUT2D eigenvalue weighted by Crippen LogP contribution is 2.41. The van der Waals surface area contributed by atoms with Crippen LogP contribution in [0.15, 0.2) is 158 Å². The summed E-state index contributed by atoms with van der Waals surface area (Å²) >= 11 is 0. The van der Waals surface area contributed by atoms with Crippen molar-refractivity contribution in [3.8, 4) is 11.1 Å². The fourth-order valence-corrected chi connectivity index (χ4v) is 7.26. The van der Waals surface area contributed by atoms with Crippen molar-refractivity contribution in [2.45, 2.75) is 11.7 Å². The van der Waals surface area contributed by atoms with Crippen LogP contribution in [0.2, 0.25) is 0 Å². The highest BCUT2D eigenvalue weighted by atomic mass is 19.4. The number of hydrogen-bond donors (Lipinski definition) is 0. The molecule has 248 valence electrons. The molecule has 8 rings (SSSR count). The minimum Gasteiger partial charge on any atom is -0.368 e. The summed E-state index contributed by atoms with van der Waals surface area (Å²) in [4.78, 5) is 8.99. The number of aromatic nitrogens is 3. The van der Waals surface area contributed by atoms with E-state index in [0.29, 0.717) is 31.9 Å². The average molecular weight is 666 g/mol. The first-order valence-electron chi connectivity index (χ1n) is 16.7. The molecule has 1 aliphatic heterocycles. The number of nitrogens with zero attached hydrogens (tertiary/aromatic N) is 5. The fourth-order valence-electron chi connectivity index (χ4n) is 7.26. The monoisotopic (exact) mass is 665 g/mol. The number of piperazine rings is 1. The van der Waals surface area contributed by atoms with Crippen LogP contribution in [-0.2, 0) is 11.7 Å². The van der Waals surface area contributed by atoms with E-state index in [2.05, 4.69) is 106 Å². The lowest BCUT2D eigenvalue weighted by atomic mass is 9.77. The van der Waals surface area contributed by atoms with E-state index in [-0.39, 0.29) is 0 Å². The number of anilines is 2. The van der Waals surface area contributed by atoms with E-state index in [0.717, 1.165) is 50.5 Å². The molecule has 1 fully saturated rings. The molecular formula is C42H34F3N5. The maximum atomic E-state index is 13.4. The Morgan fingerprint density at radius 3 is 1.72 bits per heavy atom. The third-order valence-electron chi connectivity index (χ3n) is 9.71. The Morgan fingerprint density at radius 2 is 1.12 bits per heavy atom. The number of pyridine rings is 1. The van der Waals surface area contributed by atoms with Gasteiger partial charge in [0.2, 0.25) is 0 Å².